The molecule has 7 heteroatoms. The molecule has 0 unspecified atom stereocenters. The minimum absolute atomic E-state index is 0.00334. The molecule has 1 saturated carbocycles. The van der Waals surface area contributed by atoms with E-state index in [2.05, 4.69) is 17.3 Å². The summed E-state index contributed by atoms with van der Waals surface area (Å²) < 4.78 is 28.4. The van der Waals surface area contributed by atoms with Crippen molar-refractivity contribution < 1.29 is 13.6 Å². The molecule has 1 aromatic carbocycles. The largest absolute Gasteiger partial charge is 0.310 e. The summed E-state index contributed by atoms with van der Waals surface area (Å²) in [4.78, 5) is 12.2. The van der Waals surface area contributed by atoms with Gasteiger partial charge in [-0.2, -0.15) is 5.10 Å². The molecular weight excluding hydrogens is 320 g/mol. The van der Waals surface area contributed by atoms with Crippen LogP contribution in [0.1, 0.15) is 25.8 Å². The van der Waals surface area contributed by atoms with Gasteiger partial charge in [0.1, 0.15) is 17.5 Å². The monoisotopic (exact) mass is 337 g/mol. The van der Waals surface area contributed by atoms with Crippen LogP contribution in [-0.2, 0) is 4.79 Å². The van der Waals surface area contributed by atoms with Gasteiger partial charge in [0.15, 0.2) is 0 Å². The zero-order valence-electron chi connectivity index (χ0n) is 12.6. The molecule has 0 aliphatic heterocycles. The quantitative estimate of drug-likeness (QED) is 0.814. The Kier molecular flexibility index (Phi) is 4.66. The predicted molar refractivity (Wildman–Crippen MR) is 85.4 cm³/mol. The van der Waals surface area contributed by atoms with Crippen molar-refractivity contribution in [3.05, 3.63) is 42.1 Å². The maximum absolute atomic E-state index is 13.5. The number of anilines is 1. The first kappa shape index (κ1) is 16.0. The minimum Gasteiger partial charge on any atom is -0.310 e. The number of carbonyl (C=O) groups is 1. The van der Waals surface area contributed by atoms with Crippen molar-refractivity contribution in [3.63, 3.8) is 0 Å². The normalized spacial score (nSPS) is 15.4. The SMILES string of the molecule is C[C@@H](C1CC1)n1nccc1NC(=O)CSc1cc(F)ccc1F. The fourth-order valence-electron chi connectivity index (χ4n) is 2.43. The Bertz CT molecular complexity index is 715. The van der Waals surface area contributed by atoms with Crippen LogP contribution >= 0.6 is 11.8 Å². The molecule has 23 heavy (non-hydrogen) atoms. The highest BCUT2D eigenvalue weighted by Gasteiger charge is 2.30. The van der Waals surface area contributed by atoms with Crippen LogP contribution in [0.3, 0.4) is 0 Å². The van der Waals surface area contributed by atoms with Crippen LogP contribution in [0, 0.1) is 17.6 Å². The second-order valence-electron chi connectivity index (χ2n) is 5.65. The van der Waals surface area contributed by atoms with Gasteiger partial charge in [-0.3, -0.25) is 4.79 Å². The molecule has 122 valence electrons. The lowest BCUT2D eigenvalue weighted by molar-refractivity contribution is -0.113. The second-order valence-corrected chi connectivity index (χ2v) is 6.67. The third kappa shape index (κ3) is 3.90. The van der Waals surface area contributed by atoms with Crippen LogP contribution in [0.4, 0.5) is 14.6 Å². The van der Waals surface area contributed by atoms with Crippen LogP contribution in [0.2, 0.25) is 0 Å². The van der Waals surface area contributed by atoms with Gasteiger partial charge in [0.05, 0.1) is 18.0 Å². The molecule has 1 aliphatic carbocycles. The summed E-state index contributed by atoms with van der Waals surface area (Å²) in [6.07, 6.45) is 4.01. The summed E-state index contributed by atoms with van der Waals surface area (Å²) in [7, 11) is 0. The van der Waals surface area contributed by atoms with Crippen LogP contribution in [-0.4, -0.2) is 21.4 Å². The Morgan fingerprint density at radius 3 is 2.96 bits per heavy atom. The van der Waals surface area contributed by atoms with Crippen molar-refractivity contribution in [2.24, 2.45) is 5.92 Å². The molecule has 1 heterocycles. The van der Waals surface area contributed by atoms with E-state index in [0.717, 1.165) is 30.0 Å². The van der Waals surface area contributed by atoms with E-state index < -0.39 is 11.6 Å². The molecule has 1 N–H and O–H groups in total. The number of carbonyl (C=O) groups excluding carboxylic acids is 1. The summed E-state index contributed by atoms with van der Waals surface area (Å²) in [5.41, 5.74) is 0. The Labute approximate surface area is 137 Å². The zero-order valence-corrected chi connectivity index (χ0v) is 13.4. The molecule has 0 spiro atoms. The number of nitrogens with zero attached hydrogens (tertiary/aromatic N) is 2. The summed E-state index contributed by atoms with van der Waals surface area (Å²) in [5, 5.41) is 7.04. The highest BCUT2D eigenvalue weighted by atomic mass is 32.2. The Hall–Kier alpha value is -1.89. The fourth-order valence-corrected chi connectivity index (χ4v) is 3.19. The van der Waals surface area contributed by atoms with E-state index in [1.54, 1.807) is 12.3 Å². The highest BCUT2D eigenvalue weighted by molar-refractivity contribution is 8.00. The average Bonchev–Trinajstić information content (AvgIpc) is 3.28. The summed E-state index contributed by atoms with van der Waals surface area (Å²) >= 11 is 0.967. The minimum atomic E-state index is -0.531. The highest BCUT2D eigenvalue weighted by Crippen LogP contribution is 2.40. The van der Waals surface area contributed by atoms with Crippen molar-refractivity contribution in [2.75, 3.05) is 11.1 Å². The van der Waals surface area contributed by atoms with Gasteiger partial charge in [0.25, 0.3) is 0 Å². The van der Waals surface area contributed by atoms with Crippen LogP contribution in [0.15, 0.2) is 35.4 Å². The Morgan fingerprint density at radius 1 is 1.43 bits per heavy atom. The van der Waals surface area contributed by atoms with Gasteiger partial charge in [-0.1, -0.05) is 0 Å². The fraction of sp³-hybridized carbons (Fsp3) is 0.375. The maximum Gasteiger partial charge on any atom is 0.235 e. The molecule has 3 rings (SSSR count). The lowest BCUT2D eigenvalue weighted by Gasteiger charge is -2.15. The molecule has 0 saturated heterocycles. The molecule has 4 nitrogen and oxygen atoms in total. The summed E-state index contributed by atoms with van der Waals surface area (Å²) in [6.45, 7) is 2.08. The number of halogens is 2. The zero-order chi connectivity index (χ0) is 16.4. The van der Waals surface area contributed by atoms with E-state index in [1.807, 2.05) is 4.68 Å². The van der Waals surface area contributed by atoms with E-state index in [-0.39, 0.29) is 22.6 Å². The molecular formula is C16H17F2N3OS. The van der Waals surface area contributed by atoms with Crippen molar-refractivity contribution >= 4 is 23.5 Å². The predicted octanol–water partition coefficient (Wildman–Crippen LogP) is 3.86. The number of benzene rings is 1. The number of amides is 1. The Balaban J connectivity index is 1.59. The summed E-state index contributed by atoms with van der Waals surface area (Å²) in [5.74, 6) is -0.0784. The van der Waals surface area contributed by atoms with Crippen LogP contribution < -0.4 is 5.32 Å². The van der Waals surface area contributed by atoms with Gasteiger partial charge in [0, 0.05) is 11.0 Å². The van der Waals surface area contributed by atoms with Gasteiger partial charge < -0.3 is 5.32 Å². The number of hydrogen-bond donors (Lipinski definition) is 1. The smallest absolute Gasteiger partial charge is 0.235 e. The van der Waals surface area contributed by atoms with Gasteiger partial charge >= 0.3 is 0 Å². The van der Waals surface area contributed by atoms with Gasteiger partial charge in [-0.15, -0.1) is 11.8 Å². The maximum atomic E-state index is 13.5. The van der Waals surface area contributed by atoms with E-state index >= 15 is 0 Å². The van der Waals surface area contributed by atoms with Crippen molar-refractivity contribution in [2.45, 2.75) is 30.7 Å². The first-order chi connectivity index (χ1) is 11.0. The van der Waals surface area contributed by atoms with Gasteiger partial charge in [-0.25, -0.2) is 13.5 Å². The molecule has 1 atom stereocenters. The first-order valence-corrected chi connectivity index (χ1v) is 8.44. The molecule has 0 bridgehead atoms. The van der Waals surface area contributed by atoms with E-state index in [1.165, 1.54) is 12.8 Å². The lowest BCUT2D eigenvalue weighted by atomic mass is 10.2. The number of hydrogen-bond acceptors (Lipinski definition) is 3. The Morgan fingerprint density at radius 2 is 2.22 bits per heavy atom. The van der Waals surface area contributed by atoms with E-state index in [9.17, 15) is 13.6 Å². The van der Waals surface area contributed by atoms with E-state index in [0.29, 0.717) is 11.7 Å². The van der Waals surface area contributed by atoms with Crippen molar-refractivity contribution in [1.82, 2.24) is 9.78 Å². The molecule has 1 fully saturated rings. The van der Waals surface area contributed by atoms with Crippen LogP contribution in [0.25, 0.3) is 0 Å². The average molecular weight is 337 g/mol. The van der Waals surface area contributed by atoms with Gasteiger partial charge in [-0.05, 0) is 43.9 Å². The number of thioether (sulfide) groups is 1. The number of nitrogens with one attached hydrogen (secondary N) is 1. The van der Waals surface area contributed by atoms with E-state index in [4.69, 9.17) is 0 Å². The van der Waals surface area contributed by atoms with Crippen LogP contribution in [0.5, 0.6) is 0 Å². The standard InChI is InChI=1S/C16H17F2N3OS/c1-10(11-2-3-11)21-15(6-7-19-21)20-16(22)9-23-14-8-12(17)4-5-13(14)18/h4-8,10-11H,2-3,9H2,1H3,(H,20,22)/t10-/m0/s1. The topological polar surface area (TPSA) is 46.9 Å². The third-order valence-electron chi connectivity index (χ3n) is 3.88. The molecule has 1 amide bonds. The van der Waals surface area contributed by atoms with Crippen molar-refractivity contribution in [3.8, 4) is 0 Å². The molecule has 1 aliphatic rings. The second kappa shape index (κ2) is 6.70. The van der Waals surface area contributed by atoms with Crippen molar-refractivity contribution in [1.29, 1.82) is 0 Å². The molecule has 2 aromatic rings. The first-order valence-electron chi connectivity index (χ1n) is 7.46. The summed E-state index contributed by atoms with van der Waals surface area (Å²) in [6, 6.07) is 5.18. The lowest BCUT2D eigenvalue weighted by Crippen LogP contribution is -2.19. The number of aromatic nitrogens is 2. The van der Waals surface area contributed by atoms with Gasteiger partial charge in [0.2, 0.25) is 5.91 Å². The third-order valence-corrected chi connectivity index (χ3v) is 4.91. The molecule has 1 aromatic heterocycles. The molecule has 0 radical (unpaired) electrons. The number of rotatable bonds is 6.